The summed E-state index contributed by atoms with van der Waals surface area (Å²) in [6, 6.07) is 11.8. The van der Waals surface area contributed by atoms with E-state index < -0.39 is 10.0 Å². The van der Waals surface area contributed by atoms with Gasteiger partial charge in [-0.25, -0.2) is 0 Å². The minimum atomic E-state index is -3.80. The highest BCUT2D eigenvalue weighted by atomic mass is 32.2. The normalized spacial score (nSPS) is 11.7. The molecule has 6 nitrogen and oxygen atoms in total. The van der Waals surface area contributed by atoms with Gasteiger partial charge in [0.1, 0.15) is 16.8 Å². The average molecular weight is 331 g/mol. The number of hydrogen-bond acceptors (Lipinski definition) is 5. The number of benzene rings is 2. The van der Waals surface area contributed by atoms with Gasteiger partial charge in [-0.2, -0.15) is 8.42 Å². The van der Waals surface area contributed by atoms with Crippen molar-refractivity contribution >= 4 is 21.1 Å². The third kappa shape index (κ3) is 2.68. The van der Waals surface area contributed by atoms with Gasteiger partial charge in [-0.05, 0) is 49.2 Å². The molecule has 0 atom stereocenters. The molecule has 3 rings (SSSR count). The first-order valence-corrected chi connectivity index (χ1v) is 8.83. The van der Waals surface area contributed by atoms with Crippen molar-refractivity contribution in [3.05, 3.63) is 48.0 Å². The molecule has 1 heterocycles. The Morgan fingerprint density at radius 1 is 1.13 bits per heavy atom. The number of para-hydroxylation sites is 1. The van der Waals surface area contributed by atoms with Crippen LogP contribution in [0, 0.1) is 0 Å². The van der Waals surface area contributed by atoms with Crippen LogP contribution in [0.25, 0.3) is 11.0 Å². The van der Waals surface area contributed by atoms with Crippen LogP contribution >= 0.6 is 0 Å². The lowest BCUT2D eigenvalue weighted by atomic mass is 10.1. The summed E-state index contributed by atoms with van der Waals surface area (Å²) in [4.78, 5) is 0.174. The molecule has 0 amide bonds. The first-order chi connectivity index (χ1) is 11.1. The fourth-order valence-electron chi connectivity index (χ4n) is 2.41. The van der Waals surface area contributed by atoms with Crippen LogP contribution < -0.4 is 4.74 Å². The molecule has 120 valence electrons. The average Bonchev–Trinajstić information content (AvgIpc) is 3.00. The van der Waals surface area contributed by atoms with Crippen LogP contribution in [0.15, 0.2) is 47.4 Å². The number of rotatable bonds is 5. The number of fused-ring (bicyclic) bond motifs is 1. The number of ether oxygens (including phenoxy) is 1. The van der Waals surface area contributed by atoms with Crippen LogP contribution in [0.4, 0.5) is 0 Å². The molecule has 23 heavy (non-hydrogen) atoms. The lowest BCUT2D eigenvalue weighted by Crippen LogP contribution is -2.15. The fourth-order valence-corrected chi connectivity index (χ4v) is 3.69. The van der Waals surface area contributed by atoms with Gasteiger partial charge in [-0.15, -0.1) is 9.19 Å². The zero-order valence-corrected chi connectivity index (χ0v) is 13.7. The van der Waals surface area contributed by atoms with Crippen molar-refractivity contribution in [3.8, 4) is 5.75 Å². The van der Waals surface area contributed by atoms with Crippen molar-refractivity contribution in [3.63, 3.8) is 0 Å². The molecule has 0 spiro atoms. The molecular formula is C16H17N3O3S. The predicted octanol–water partition coefficient (Wildman–Crippen LogP) is 2.63. The summed E-state index contributed by atoms with van der Waals surface area (Å²) in [6.45, 7) is 4.39. The Balaban J connectivity index is 2.13. The van der Waals surface area contributed by atoms with Crippen molar-refractivity contribution in [1.82, 2.24) is 14.4 Å². The van der Waals surface area contributed by atoms with E-state index in [1.807, 2.05) is 13.8 Å². The molecule has 0 aliphatic rings. The molecular weight excluding hydrogens is 314 g/mol. The van der Waals surface area contributed by atoms with E-state index in [0.717, 1.165) is 9.65 Å². The number of aryl methyl sites for hydroxylation is 1. The molecule has 0 radical (unpaired) electrons. The van der Waals surface area contributed by atoms with E-state index in [4.69, 9.17) is 4.74 Å². The highest BCUT2D eigenvalue weighted by Gasteiger charge is 2.22. The maximum absolute atomic E-state index is 12.9. The summed E-state index contributed by atoms with van der Waals surface area (Å²) in [5.74, 6) is 0.706. The lowest BCUT2D eigenvalue weighted by molar-refractivity contribution is 0.336. The second-order valence-corrected chi connectivity index (χ2v) is 6.75. The van der Waals surface area contributed by atoms with E-state index in [1.165, 1.54) is 6.07 Å². The summed E-state index contributed by atoms with van der Waals surface area (Å²) in [5, 5.41) is 7.71. The highest BCUT2D eigenvalue weighted by molar-refractivity contribution is 7.90. The fraction of sp³-hybridized carbons (Fsp3) is 0.250. The molecule has 1 aromatic heterocycles. The molecule has 0 fully saturated rings. The quantitative estimate of drug-likeness (QED) is 0.718. The molecule has 0 N–H and O–H groups in total. The molecule has 2 aromatic carbocycles. The largest absolute Gasteiger partial charge is 0.494 e. The van der Waals surface area contributed by atoms with Gasteiger partial charge in [-0.1, -0.05) is 24.3 Å². The first kappa shape index (κ1) is 15.5. The van der Waals surface area contributed by atoms with Crippen LogP contribution in [0.3, 0.4) is 0 Å². The third-order valence-corrected chi connectivity index (χ3v) is 5.13. The molecule has 0 aliphatic carbocycles. The molecule has 3 aromatic rings. The second-order valence-electron chi connectivity index (χ2n) is 4.98. The monoisotopic (exact) mass is 331 g/mol. The minimum absolute atomic E-state index is 0.174. The molecule has 0 saturated carbocycles. The number of hydrogen-bond donors (Lipinski definition) is 0. The van der Waals surface area contributed by atoms with Crippen LogP contribution in [0.5, 0.6) is 5.75 Å². The van der Waals surface area contributed by atoms with Crippen LogP contribution in [-0.2, 0) is 16.4 Å². The highest BCUT2D eigenvalue weighted by Crippen LogP contribution is 2.25. The van der Waals surface area contributed by atoms with Gasteiger partial charge in [0.15, 0.2) is 0 Å². The zero-order valence-electron chi connectivity index (χ0n) is 12.9. The van der Waals surface area contributed by atoms with Gasteiger partial charge in [-0.3, -0.25) is 0 Å². The summed E-state index contributed by atoms with van der Waals surface area (Å²) in [5.41, 5.74) is 1.84. The van der Waals surface area contributed by atoms with E-state index in [2.05, 4.69) is 10.3 Å². The molecule has 0 bridgehead atoms. The SMILES string of the molecule is CCOc1ccc(S(=O)(=O)n2nnc3ccccc32)cc1CC. The Kier molecular flexibility index (Phi) is 4.04. The Morgan fingerprint density at radius 2 is 1.91 bits per heavy atom. The van der Waals surface area contributed by atoms with Gasteiger partial charge >= 0.3 is 0 Å². The smallest absolute Gasteiger partial charge is 0.284 e. The summed E-state index contributed by atoms with van der Waals surface area (Å²) < 4.78 is 32.2. The molecule has 0 unspecified atom stereocenters. The third-order valence-electron chi connectivity index (χ3n) is 3.56. The minimum Gasteiger partial charge on any atom is -0.494 e. The maximum atomic E-state index is 12.9. The van der Waals surface area contributed by atoms with E-state index in [9.17, 15) is 8.42 Å². The van der Waals surface area contributed by atoms with Gasteiger partial charge in [0.2, 0.25) is 0 Å². The maximum Gasteiger partial charge on any atom is 0.284 e. The zero-order chi connectivity index (χ0) is 16.4. The van der Waals surface area contributed by atoms with Crippen molar-refractivity contribution in [1.29, 1.82) is 0 Å². The molecule has 7 heteroatoms. The summed E-state index contributed by atoms with van der Waals surface area (Å²) >= 11 is 0. The van der Waals surface area contributed by atoms with Crippen molar-refractivity contribution in [2.75, 3.05) is 6.61 Å². The van der Waals surface area contributed by atoms with Crippen molar-refractivity contribution in [2.24, 2.45) is 0 Å². The summed E-state index contributed by atoms with van der Waals surface area (Å²) in [7, 11) is -3.80. The van der Waals surface area contributed by atoms with E-state index in [1.54, 1.807) is 36.4 Å². The number of aromatic nitrogens is 3. The van der Waals surface area contributed by atoms with E-state index >= 15 is 0 Å². The first-order valence-electron chi connectivity index (χ1n) is 7.39. The van der Waals surface area contributed by atoms with Crippen LogP contribution in [0.2, 0.25) is 0 Å². The second kappa shape index (κ2) is 6.00. The predicted molar refractivity (Wildman–Crippen MR) is 87.1 cm³/mol. The van der Waals surface area contributed by atoms with E-state index in [0.29, 0.717) is 29.8 Å². The Morgan fingerprint density at radius 3 is 2.65 bits per heavy atom. The topological polar surface area (TPSA) is 74.1 Å². The van der Waals surface area contributed by atoms with Crippen LogP contribution in [-0.4, -0.2) is 29.4 Å². The van der Waals surface area contributed by atoms with Gasteiger partial charge in [0.05, 0.1) is 11.5 Å². The molecule has 0 aliphatic heterocycles. The van der Waals surface area contributed by atoms with Crippen molar-refractivity contribution < 1.29 is 13.2 Å². The van der Waals surface area contributed by atoms with Gasteiger partial charge < -0.3 is 4.74 Å². The van der Waals surface area contributed by atoms with Gasteiger partial charge in [0.25, 0.3) is 10.0 Å². The van der Waals surface area contributed by atoms with E-state index in [-0.39, 0.29) is 4.90 Å². The van der Waals surface area contributed by atoms with Gasteiger partial charge in [0, 0.05) is 0 Å². The van der Waals surface area contributed by atoms with Crippen molar-refractivity contribution in [2.45, 2.75) is 25.2 Å². The standard InChI is InChI=1S/C16H17N3O3S/c1-3-12-11-13(9-10-16(12)22-4-2)23(20,21)19-15-8-6-5-7-14(15)17-18-19/h5-11H,3-4H2,1-2H3. The lowest BCUT2D eigenvalue weighted by Gasteiger charge is -2.11. The summed E-state index contributed by atoms with van der Waals surface area (Å²) in [6.07, 6.45) is 0.677. The molecule has 0 saturated heterocycles. The number of nitrogens with zero attached hydrogens (tertiary/aromatic N) is 3. The van der Waals surface area contributed by atoms with Crippen LogP contribution in [0.1, 0.15) is 19.4 Å². The Bertz CT molecular complexity index is 948. The Labute approximate surface area is 134 Å². The Hall–Kier alpha value is -2.41.